The molecule has 1 aliphatic rings. The van der Waals surface area contributed by atoms with E-state index in [0.717, 1.165) is 35.5 Å². The van der Waals surface area contributed by atoms with Crippen molar-refractivity contribution in [2.45, 2.75) is 58.2 Å². The molecule has 1 atom stereocenters. The molecule has 7 heteroatoms. The number of benzene rings is 3. The average Bonchev–Trinajstić information content (AvgIpc) is 3.36. The minimum atomic E-state index is -0.126. The van der Waals surface area contributed by atoms with Gasteiger partial charge in [0.1, 0.15) is 29.5 Å². The molecule has 3 aromatic carbocycles. The number of fused-ring (bicyclic) bond motifs is 2. The average molecular weight is 539 g/mol. The number of hydrazine groups is 1. The fourth-order valence-corrected chi connectivity index (χ4v) is 5.99. The first kappa shape index (κ1) is 26.6. The Morgan fingerprint density at radius 3 is 2.72 bits per heavy atom. The fraction of sp³-hybridized carbons (Fsp3) is 0.281. The molecule has 39 heavy (non-hydrogen) atoms. The Bertz CT molecular complexity index is 1560. The Balaban J connectivity index is 1.33. The highest BCUT2D eigenvalue weighted by Crippen LogP contribution is 2.42. The summed E-state index contributed by atoms with van der Waals surface area (Å²) in [6.07, 6.45) is 2.53. The van der Waals surface area contributed by atoms with Crippen LogP contribution in [0.3, 0.4) is 0 Å². The largest absolute Gasteiger partial charge is 0.489 e. The monoisotopic (exact) mass is 538 g/mol. The Kier molecular flexibility index (Phi) is 7.78. The molecule has 0 aliphatic carbocycles. The zero-order valence-electron chi connectivity index (χ0n) is 22.6. The van der Waals surface area contributed by atoms with E-state index < -0.39 is 0 Å². The Morgan fingerprint density at radius 1 is 1.15 bits per heavy atom. The summed E-state index contributed by atoms with van der Waals surface area (Å²) in [4.78, 5) is 0. The minimum Gasteiger partial charge on any atom is -0.489 e. The van der Waals surface area contributed by atoms with Crippen molar-refractivity contribution in [2.75, 3.05) is 0 Å². The van der Waals surface area contributed by atoms with Gasteiger partial charge >= 0.3 is 0 Å². The maximum atomic E-state index is 6.30. The second kappa shape index (κ2) is 11.4. The Hall–Kier alpha value is -3.99. The Morgan fingerprint density at radius 2 is 1.97 bits per heavy atom. The summed E-state index contributed by atoms with van der Waals surface area (Å²) < 4.78 is 13.7. The van der Waals surface area contributed by atoms with Crippen molar-refractivity contribution in [1.82, 2.24) is 5.43 Å². The van der Waals surface area contributed by atoms with Crippen molar-refractivity contribution in [1.29, 1.82) is 0 Å². The predicted molar refractivity (Wildman–Crippen MR) is 161 cm³/mol. The molecular formula is C32H34N4O2S. The van der Waals surface area contributed by atoms with Crippen LogP contribution >= 0.6 is 11.3 Å². The van der Waals surface area contributed by atoms with Gasteiger partial charge in [-0.05, 0) is 86.0 Å². The third kappa shape index (κ3) is 5.88. The van der Waals surface area contributed by atoms with Gasteiger partial charge in [-0.25, -0.2) is 5.84 Å². The third-order valence-electron chi connectivity index (χ3n) is 7.15. The Labute approximate surface area is 234 Å². The van der Waals surface area contributed by atoms with E-state index >= 15 is 0 Å². The summed E-state index contributed by atoms with van der Waals surface area (Å²) in [6, 6.07) is 21.0. The lowest BCUT2D eigenvalue weighted by molar-refractivity contribution is 0.0849. The van der Waals surface area contributed by atoms with Gasteiger partial charge in [-0.15, -0.1) is 17.3 Å². The van der Waals surface area contributed by atoms with E-state index in [1.165, 1.54) is 26.8 Å². The molecule has 5 N–H and O–H groups in total. The van der Waals surface area contributed by atoms with Crippen molar-refractivity contribution in [2.24, 2.45) is 16.8 Å². The molecule has 0 fully saturated rings. The number of hydrogen-bond donors (Lipinski definition) is 3. The molecule has 0 spiro atoms. The van der Waals surface area contributed by atoms with Crippen molar-refractivity contribution in [3.63, 3.8) is 0 Å². The molecule has 0 saturated carbocycles. The predicted octanol–water partition coefficient (Wildman–Crippen LogP) is 6.48. The number of hydrazone groups is 1. The minimum absolute atomic E-state index is 0.0676. The highest BCUT2D eigenvalue weighted by molar-refractivity contribution is 7.17. The van der Waals surface area contributed by atoms with Crippen molar-refractivity contribution in [3.05, 3.63) is 82.7 Å². The molecule has 1 unspecified atom stereocenters. The number of hydrogen-bond acceptors (Lipinski definition) is 6. The number of ether oxygens (including phenoxy) is 2. The SMILES string of the molecule is CC#CC(C/C(=N/N)NN)c1ccc(OCc2ccc3scc(-c4cccc5c4CCC(C)(C)O5)c3c2)cc1. The summed E-state index contributed by atoms with van der Waals surface area (Å²) in [5.74, 6) is 19.3. The standard InChI is InChI=1S/C32H34N4O2S/c1-4-6-23(18-31(35-33)36-34)22-10-12-24(13-11-22)37-19-21-9-14-30-27(17-21)28(20-39-30)25-7-5-8-29-26(25)15-16-32(2,3)38-29/h5,7-14,17,20,23H,15-16,18-19,33-34H2,1-3H3,(H,35,36). The molecule has 0 bridgehead atoms. The maximum Gasteiger partial charge on any atom is 0.137 e. The number of nitrogens with one attached hydrogen (secondary N) is 1. The molecule has 2 heterocycles. The fourth-order valence-electron chi connectivity index (χ4n) is 5.05. The van der Waals surface area contributed by atoms with Gasteiger partial charge in [0.05, 0.1) is 5.92 Å². The summed E-state index contributed by atoms with van der Waals surface area (Å²) in [6.45, 7) is 6.61. The quantitative estimate of drug-likeness (QED) is 0.0823. The van der Waals surface area contributed by atoms with E-state index in [0.29, 0.717) is 18.9 Å². The van der Waals surface area contributed by atoms with Gasteiger partial charge in [-0.1, -0.05) is 36.3 Å². The molecule has 5 rings (SSSR count). The molecule has 1 aliphatic heterocycles. The zero-order valence-corrected chi connectivity index (χ0v) is 23.4. The lowest BCUT2D eigenvalue weighted by Crippen LogP contribution is -2.32. The summed E-state index contributed by atoms with van der Waals surface area (Å²) >= 11 is 1.78. The van der Waals surface area contributed by atoms with E-state index in [1.54, 1.807) is 11.3 Å². The first-order valence-electron chi connectivity index (χ1n) is 13.1. The van der Waals surface area contributed by atoms with Gasteiger partial charge in [-0.2, -0.15) is 5.10 Å². The van der Waals surface area contributed by atoms with E-state index in [1.807, 2.05) is 31.2 Å². The van der Waals surface area contributed by atoms with Crippen molar-refractivity contribution >= 4 is 27.3 Å². The molecule has 0 saturated heterocycles. The van der Waals surface area contributed by atoms with Crippen LogP contribution in [-0.4, -0.2) is 11.4 Å². The summed E-state index contributed by atoms with van der Waals surface area (Å²) in [5.41, 5.74) is 8.41. The van der Waals surface area contributed by atoms with Crippen LogP contribution in [0, 0.1) is 11.8 Å². The van der Waals surface area contributed by atoms with Crippen LogP contribution in [0.4, 0.5) is 0 Å². The number of nitrogens with zero attached hydrogens (tertiary/aromatic N) is 1. The first-order valence-corrected chi connectivity index (χ1v) is 14.0. The summed E-state index contributed by atoms with van der Waals surface area (Å²) in [7, 11) is 0. The maximum absolute atomic E-state index is 6.30. The lowest BCUT2D eigenvalue weighted by Gasteiger charge is -2.33. The molecule has 1 aromatic heterocycles. The van der Waals surface area contributed by atoms with Crippen LogP contribution in [0.2, 0.25) is 0 Å². The number of amidine groups is 1. The normalized spacial score (nSPS) is 15.0. The second-order valence-electron chi connectivity index (χ2n) is 10.4. The molecule has 200 valence electrons. The van der Waals surface area contributed by atoms with E-state index in [-0.39, 0.29) is 11.5 Å². The van der Waals surface area contributed by atoms with E-state index in [9.17, 15) is 0 Å². The van der Waals surface area contributed by atoms with Crippen LogP contribution in [0.1, 0.15) is 56.2 Å². The smallest absolute Gasteiger partial charge is 0.137 e. The van der Waals surface area contributed by atoms with Crippen molar-refractivity contribution < 1.29 is 9.47 Å². The van der Waals surface area contributed by atoms with Gasteiger partial charge in [-0.3, -0.25) is 0 Å². The molecule has 6 nitrogen and oxygen atoms in total. The lowest BCUT2D eigenvalue weighted by atomic mass is 9.89. The van der Waals surface area contributed by atoms with Crippen LogP contribution in [0.15, 0.2) is 71.1 Å². The highest BCUT2D eigenvalue weighted by atomic mass is 32.1. The van der Waals surface area contributed by atoms with Crippen LogP contribution in [-0.2, 0) is 13.0 Å². The van der Waals surface area contributed by atoms with Gasteiger partial charge in [0.15, 0.2) is 0 Å². The third-order valence-corrected chi connectivity index (χ3v) is 8.11. The van der Waals surface area contributed by atoms with Gasteiger partial charge in [0.2, 0.25) is 0 Å². The number of thiophene rings is 1. The van der Waals surface area contributed by atoms with Crippen LogP contribution in [0.25, 0.3) is 21.2 Å². The molecule has 0 radical (unpaired) electrons. The van der Waals surface area contributed by atoms with E-state index in [2.05, 4.69) is 78.0 Å². The zero-order chi connectivity index (χ0) is 27.4. The summed E-state index contributed by atoms with van der Waals surface area (Å²) in [5, 5.41) is 7.20. The highest BCUT2D eigenvalue weighted by Gasteiger charge is 2.28. The number of rotatable bonds is 7. The topological polar surface area (TPSA) is 94.9 Å². The van der Waals surface area contributed by atoms with Gasteiger partial charge in [0, 0.05) is 27.6 Å². The molecular weight excluding hydrogens is 504 g/mol. The van der Waals surface area contributed by atoms with Crippen LogP contribution < -0.4 is 26.6 Å². The first-order chi connectivity index (χ1) is 18.9. The van der Waals surface area contributed by atoms with Gasteiger partial charge < -0.3 is 20.7 Å². The second-order valence-corrected chi connectivity index (χ2v) is 11.3. The van der Waals surface area contributed by atoms with E-state index in [4.69, 9.17) is 21.2 Å². The van der Waals surface area contributed by atoms with Crippen LogP contribution in [0.5, 0.6) is 11.5 Å². The molecule has 0 amide bonds. The molecule has 4 aromatic rings. The number of nitrogens with two attached hydrogens (primary N) is 2. The van der Waals surface area contributed by atoms with Crippen molar-refractivity contribution in [3.8, 4) is 34.5 Å². The van der Waals surface area contributed by atoms with Gasteiger partial charge in [0.25, 0.3) is 0 Å².